The molecule has 0 bridgehead atoms. The molecule has 0 aliphatic carbocycles. The van der Waals surface area contributed by atoms with Gasteiger partial charge in [0.05, 0.1) is 11.6 Å². The van der Waals surface area contributed by atoms with Gasteiger partial charge in [0.25, 0.3) is 0 Å². The molecule has 1 aliphatic rings. The number of benzene rings is 4. The van der Waals surface area contributed by atoms with E-state index < -0.39 is 0 Å². The quantitative estimate of drug-likeness (QED) is 0.270. The first kappa shape index (κ1) is 21.3. The summed E-state index contributed by atoms with van der Waals surface area (Å²) in [6.07, 6.45) is 7.42. The van der Waals surface area contributed by atoms with Crippen molar-refractivity contribution < 1.29 is 0 Å². The molecule has 0 unspecified atom stereocenters. The number of aromatic nitrogens is 1. The monoisotopic (exact) mass is 490 g/mol. The second-order valence-corrected chi connectivity index (χ2v) is 10.2. The number of pyridine rings is 1. The van der Waals surface area contributed by atoms with Crippen molar-refractivity contribution in [3.05, 3.63) is 108 Å². The number of hydrogen-bond donors (Lipinski definition) is 1. The molecule has 7 rings (SSSR count). The van der Waals surface area contributed by atoms with Crippen LogP contribution in [0.1, 0.15) is 11.1 Å². The van der Waals surface area contributed by atoms with E-state index in [1.165, 1.54) is 30.9 Å². The zero-order valence-electron chi connectivity index (χ0n) is 19.6. The molecule has 3 heterocycles. The Balaban J connectivity index is 1.60. The molecule has 6 aromatic rings. The van der Waals surface area contributed by atoms with Gasteiger partial charge >= 0.3 is 0 Å². The van der Waals surface area contributed by atoms with Crippen LogP contribution in [0.3, 0.4) is 0 Å². The molecule has 1 N–H and O–H groups in total. The zero-order chi connectivity index (χ0) is 24.9. The highest BCUT2D eigenvalue weighted by Gasteiger charge is 2.19. The molecule has 0 fully saturated rings. The van der Waals surface area contributed by atoms with Crippen LogP contribution in [0.5, 0.6) is 0 Å². The van der Waals surface area contributed by atoms with Crippen LogP contribution >= 0.6 is 11.3 Å². The molecule has 4 nitrogen and oxygen atoms in total. The van der Waals surface area contributed by atoms with Crippen molar-refractivity contribution in [2.45, 2.75) is 0 Å². The summed E-state index contributed by atoms with van der Waals surface area (Å²) in [6, 6.07) is 27.9. The molecule has 0 atom stereocenters. The maximum Gasteiger partial charge on any atom is 0.101 e. The van der Waals surface area contributed by atoms with Gasteiger partial charge in [0.2, 0.25) is 0 Å². The highest BCUT2D eigenvalue weighted by molar-refractivity contribution is 7.26. The second kappa shape index (κ2) is 8.31. The lowest BCUT2D eigenvalue weighted by Crippen LogP contribution is -2.13. The SMILES string of the molecule is N#CC1=CC(c2cc3sc4cc(-c5cncc(C#N)c5)c5ccccc5c4c3c3ccccc23)=CNC1. The van der Waals surface area contributed by atoms with Crippen molar-refractivity contribution in [2.75, 3.05) is 6.54 Å². The third-order valence-corrected chi connectivity index (χ3v) is 8.08. The number of fused-ring (bicyclic) bond motifs is 7. The molecule has 5 heteroatoms. The van der Waals surface area contributed by atoms with E-state index in [0.29, 0.717) is 12.1 Å². The fraction of sp³-hybridized carbons (Fsp3) is 0.0312. The number of rotatable bonds is 2. The Hall–Kier alpha value is -4.97. The van der Waals surface area contributed by atoms with Crippen molar-refractivity contribution in [1.29, 1.82) is 10.5 Å². The van der Waals surface area contributed by atoms with Crippen molar-refractivity contribution in [1.82, 2.24) is 10.3 Å². The van der Waals surface area contributed by atoms with Gasteiger partial charge in [-0.15, -0.1) is 11.3 Å². The number of allylic oxidation sites excluding steroid dienone is 2. The Morgan fingerprint density at radius 1 is 0.757 bits per heavy atom. The Bertz CT molecular complexity index is 2070. The van der Waals surface area contributed by atoms with Gasteiger partial charge in [-0.05, 0) is 62.5 Å². The van der Waals surface area contributed by atoms with E-state index >= 15 is 0 Å². The van der Waals surface area contributed by atoms with Gasteiger partial charge in [-0.25, -0.2) is 0 Å². The lowest BCUT2D eigenvalue weighted by atomic mass is 9.91. The average Bonchev–Trinajstić information content (AvgIpc) is 3.35. The molecule has 37 heavy (non-hydrogen) atoms. The van der Waals surface area contributed by atoms with Crippen molar-refractivity contribution in [3.8, 4) is 23.3 Å². The molecule has 0 amide bonds. The average molecular weight is 491 g/mol. The molecule has 172 valence electrons. The fourth-order valence-electron chi connectivity index (χ4n) is 5.40. The van der Waals surface area contributed by atoms with Crippen LogP contribution in [0.15, 0.2) is 97.0 Å². The van der Waals surface area contributed by atoms with Crippen LogP contribution in [0, 0.1) is 22.7 Å². The number of nitrogens with one attached hydrogen (secondary N) is 1. The third-order valence-electron chi connectivity index (χ3n) is 7.00. The Kier molecular flexibility index (Phi) is 4.79. The molecule has 0 saturated heterocycles. The van der Waals surface area contributed by atoms with Crippen LogP contribution in [0.25, 0.3) is 58.4 Å². The predicted octanol–water partition coefficient (Wildman–Crippen LogP) is 7.69. The third kappa shape index (κ3) is 3.30. The maximum atomic E-state index is 9.48. The lowest BCUT2D eigenvalue weighted by molar-refractivity contribution is 0.948. The van der Waals surface area contributed by atoms with Crippen molar-refractivity contribution in [3.63, 3.8) is 0 Å². The fourth-order valence-corrected chi connectivity index (χ4v) is 6.62. The summed E-state index contributed by atoms with van der Waals surface area (Å²) in [5, 5.41) is 29.4. The van der Waals surface area contributed by atoms with Gasteiger partial charge in [-0.2, -0.15) is 10.5 Å². The van der Waals surface area contributed by atoms with Gasteiger partial charge in [0, 0.05) is 56.4 Å². The molecule has 0 spiro atoms. The smallest absolute Gasteiger partial charge is 0.101 e. The number of dihydropyridines is 1. The Morgan fingerprint density at radius 3 is 2.08 bits per heavy atom. The van der Waals surface area contributed by atoms with Crippen molar-refractivity contribution in [2.24, 2.45) is 0 Å². The van der Waals surface area contributed by atoms with Gasteiger partial charge in [-0.3, -0.25) is 4.98 Å². The van der Waals surface area contributed by atoms with Crippen molar-refractivity contribution >= 4 is 58.6 Å². The molecule has 0 radical (unpaired) electrons. The number of nitriles is 2. The Labute approximate surface area is 217 Å². The number of nitrogens with zero attached hydrogens (tertiary/aromatic N) is 3. The van der Waals surface area contributed by atoms with Crippen LogP contribution in [0.4, 0.5) is 0 Å². The molecular formula is C32H18N4S. The molecule has 4 aromatic carbocycles. The van der Waals surface area contributed by atoms with Crippen LogP contribution in [-0.4, -0.2) is 11.5 Å². The highest BCUT2D eigenvalue weighted by Crippen LogP contribution is 2.46. The molecule has 0 saturated carbocycles. The summed E-state index contributed by atoms with van der Waals surface area (Å²) in [5.74, 6) is 0. The minimum atomic E-state index is 0.549. The molecule has 2 aromatic heterocycles. The first-order valence-corrected chi connectivity index (χ1v) is 12.8. The zero-order valence-corrected chi connectivity index (χ0v) is 20.4. The normalized spacial score (nSPS) is 13.2. The number of thiophene rings is 1. The number of hydrogen-bond acceptors (Lipinski definition) is 5. The summed E-state index contributed by atoms with van der Waals surface area (Å²) in [7, 11) is 0. The van der Waals surface area contributed by atoms with Gasteiger partial charge < -0.3 is 5.32 Å². The minimum Gasteiger partial charge on any atom is -0.386 e. The van der Waals surface area contributed by atoms with E-state index in [4.69, 9.17) is 0 Å². The maximum absolute atomic E-state index is 9.48. The van der Waals surface area contributed by atoms with Gasteiger partial charge in [0.1, 0.15) is 6.07 Å². The molecule has 1 aliphatic heterocycles. The largest absolute Gasteiger partial charge is 0.386 e. The van der Waals surface area contributed by atoms with E-state index in [1.54, 1.807) is 17.5 Å². The van der Waals surface area contributed by atoms with E-state index in [-0.39, 0.29) is 0 Å². The van der Waals surface area contributed by atoms with Gasteiger partial charge in [0.15, 0.2) is 0 Å². The standard InChI is InChI=1S/C32H18N4S/c33-13-19-9-21(17-35-15-19)27-11-29-31(25-7-3-1-5-23(25)27)32-26-8-4-2-6-24(26)28(12-30(32)37-29)22-10-20(14-34)16-36-18-22/h1-12,15,17-18,36H,16H2. The van der Waals surface area contributed by atoms with E-state index in [9.17, 15) is 10.5 Å². The van der Waals surface area contributed by atoms with E-state index in [0.717, 1.165) is 38.6 Å². The Morgan fingerprint density at radius 2 is 1.41 bits per heavy atom. The minimum absolute atomic E-state index is 0.549. The first-order chi connectivity index (χ1) is 18.2. The summed E-state index contributed by atoms with van der Waals surface area (Å²) in [4.78, 5) is 4.32. The van der Waals surface area contributed by atoms with Crippen LogP contribution in [-0.2, 0) is 0 Å². The van der Waals surface area contributed by atoms with E-state index in [1.807, 2.05) is 24.5 Å². The molecular weight excluding hydrogens is 472 g/mol. The topological polar surface area (TPSA) is 72.5 Å². The summed E-state index contributed by atoms with van der Waals surface area (Å²) in [5.41, 5.74) is 5.42. The highest BCUT2D eigenvalue weighted by atomic mass is 32.1. The van der Waals surface area contributed by atoms with E-state index in [2.05, 4.69) is 83.1 Å². The first-order valence-electron chi connectivity index (χ1n) is 11.9. The lowest BCUT2D eigenvalue weighted by Gasteiger charge is -2.15. The van der Waals surface area contributed by atoms with Crippen LogP contribution < -0.4 is 5.32 Å². The summed E-state index contributed by atoms with van der Waals surface area (Å²) < 4.78 is 2.39. The summed E-state index contributed by atoms with van der Waals surface area (Å²) in [6.45, 7) is 0.555. The predicted molar refractivity (Wildman–Crippen MR) is 152 cm³/mol. The summed E-state index contributed by atoms with van der Waals surface area (Å²) >= 11 is 1.78. The second-order valence-electron chi connectivity index (χ2n) is 9.12. The van der Waals surface area contributed by atoms with Gasteiger partial charge in [-0.1, -0.05) is 48.5 Å². The van der Waals surface area contributed by atoms with Crippen LogP contribution in [0.2, 0.25) is 0 Å².